The second kappa shape index (κ2) is 12.6. The number of carbonyl (C=O) groups excluding carboxylic acids is 2. The minimum absolute atomic E-state index is 0.0984. The van der Waals surface area contributed by atoms with Gasteiger partial charge in [-0.05, 0) is 49.1 Å². The predicted octanol–water partition coefficient (Wildman–Crippen LogP) is 6.01. The summed E-state index contributed by atoms with van der Waals surface area (Å²) >= 11 is 12.5. The monoisotopic (exact) mass is 496 g/mol. The SMILES string of the molecule is CCNC(=O)[C@H](Cc1ccccc1)N(Cc1ccc(Cl)cc1Cl)C(=O)CCc1ccc(C)cc1. The summed E-state index contributed by atoms with van der Waals surface area (Å²) in [7, 11) is 0. The minimum atomic E-state index is -0.667. The first-order valence-electron chi connectivity index (χ1n) is 11.5. The fourth-order valence-electron chi connectivity index (χ4n) is 3.83. The number of hydrogen-bond donors (Lipinski definition) is 1. The third-order valence-electron chi connectivity index (χ3n) is 5.73. The lowest BCUT2D eigenvalue weighted by Crippen LogP contribution is -2.50. The van der Waals surface area contributed by atoms with E-state index in [0.29, 0.717) is 35.9 Å². The van der Waals surface area contributed by atoms with Gasteiger partial charge in [-0.1, -0.05) is 89.4 Å². The summed E-state index contributed by atoms with van der Waals surface area (Å²) in [5, 5.41) is 3.90. The number of nitrogens with one attached hydrogen (secondary N) is 1. The molecule has 3 aromatic rings. The predicted molar refractivity (Wildman–Crippen MR) is 139 cm³/mol. The van der Waals surface area contributed by atoms with Crippen LogP contribution in [-0.2, 0) is 29.0 Å². The van der Waals surface area contributed by atoms with Crippen LogP contribution in [0.25, 0.3) is 0 Å². The third-order valence-corrected chi connectivity index (χ3v) is 6.31. The highest BCUT2D eigenvalue weighted by atomic mass is 35.5. The average Bonchev–Trinajstić information content (AvgIpc) is 2.82. The lowest BCUT2D eigenvalue weighted by Gasteiger charge is -2.32. The molecule has 3 aromatic carbocycles. The molecule has 2 amide bonds. The lowest BCUT2D eigenvalue weighted by molar-refractivity contribution is -0.141. The maximum Gasteiger partial charge on any atom is 0.243 e. The van der Waals surface area contributed by atoms with E-state index in [9.17, 15) is 9.59 Å². The molecular formula is C28H30Cl2N2O2. The summed E-state index contributed by atoms with van der Waals surface area (Å²) in [6.45, 7) is 4.61. The van der Waals surface area contributed by atoms with E-state index in [1.54, 1.807) is 17.0 Å². The molecular weight excluding hydrogens is 467 g/mol. The number of hydrogen-bond acceptors (Lipinski definition) is 2. The number of nitrogens with zero attached hydrogens (tertiary/aromatic N) is 1. The van der Waals surface area contributed by atoms with E-state index in [-0.39, 0.29) is 18.4 Å². The van der Waals surface area contributed by atoms with Crippen LogP contribution in [0, 0.1) is 6.92 Å². The summed E-state index contributed by atoms with van der Waals surface area (Å²) in [5.41, 5.74) is 3.99. The zero-order valence-corrected chi connectivity index (χ0v) is 21.1. The van der Waals surface area contributed by atoms with Crippen molar-refractivity contribution in [2.24, 2.45) is 0 Å². The van der Waals surface area contributed by atoms with E-state index >= 15 is 0 Å². The molecule has 0 spiro atoms. The topological polar surface area (TPSA) is 49.4 Å². The van der Waals surface area contributed by atoms with Gasteiger partial charge < -0.3 is 10.2 Å². The van der Waals surface area contributed by atoms with Crippen LogP contribution < -0.4 is 5.32 Å². The van der Waals surface area contributed by atoms with Gasteiger partial charge in [-0.15, -0.1) is 0 Å². The highest BCUT2D eigenvalue weighted by molar-refractivity contribution is 6.35. The maximum absolute atomic E-state index is 13.6. The second-order valence-electron chi connectivity index (χ2n) is 8.34. The number of aryl methyl sites for hydroxylation is 2. The normalized spacial score (nSPS) is 11.6. The Morgan fingerprint density at radius 3 is 2.29 bits per heavy atom. The molecule has 6 heteroatoms. The van der Waals surface area contributed by atoms with Crippen molar-refractivity contribution in [1.82, 2.24) is 10.2 Å². The molecule has 0 aliphatic heterocycles. The van der Waals surface area contributed by atoms with Crippen LogP contribution in [0.15, 0.2) is 72.8 Å². The van der Waals surface area contributed by atoms with Crippen LogP contribution in [0.5, 0.6) is 0 Å². The second-order valence-corrected chi connectivity index (χ2v) is 9.19. The van der Waals surface area contributed by atoms with Crippen LogP contribution in [0.2, 0.25) is 10.0 Å². The molecule has 34 heavy (non-hydrogen) atoms. The van der Waals surface area contributed by atoms with E-state index in [1.807, 2.05) is 74.5 Å². The molecule has 0 aliphatic rings. The number of halogens is 2. The molecule has 0 aromatic heterocycles. The lowest BCUT2D eigenvalue weighted by atomic mass is 10.0. The number of benzene rings is 3. The van der Waals surface area contributed by atoms with Crippen molar-refractivity contribution in [3.8, 4) is 0 Å². The summed E-state index contributed by atoms with van der Waals surface area (Å²) < 4.78 is 0. The molecule has 1 N–H and O–H groups in total. The van der Waals surface area contributed by atoms with Crippen molar-refractivity contribution in [2.45, 2.75) is 45.7 Å². The summed E-state index contributed by atoms with van der Waals surface area (Å²) in [6.07, 6.45) is 1.30. The van der Waals surface area contributed by atoms with Crippen LogP contribution in [0.3, 0.4) is 0 Å². The Bertz CT molecular complexity index is 1100. The van der Waals surface area contributed by atoms with Crippen molar-refractivity contribution in [3.05, 3.63) is 105 Å². The molecule has 4 nitrogen and oxygen atoms in total. The molecule has 3 rings (SSSR count). The molecule has 178 valence electrons. The first-order valence-corrected chi connectivity index (χ1v) is 12.2. The summed E-state index contributed by atoms with van der Waals surface area (Å²) in [5.74, 6) is -0.279. The molecule has 0 saturated heterocycles. The van der Waals surface area contributed by atoms with Crippen molar-refractivity contribution in [1.29, 1.82) is 0 Å². The van der Waals surface area contributed by atoms with E-state index < -0.39 is 6.04 Å². The van der Waals surface area contributed by atoms with E-state index in [2.05, 4.69) is 5.32 Å². The molecule has 0 heterocycles. The van der Waals surface area contributed by atoms with Crippen LogP contribution in [0.4, 0.5) is 0 Å². The molecule has 1 atom stereocenters. The van der Waals surface area contributed by atoms with Crippen molar-refractivity contribution < 1.29 is 9.59 Å². The fraction of sp³-hybridized carbons (Fsp3) is 0.286. The van der Waals surface area contributed by atoms with Gasteiger partial charge in [0.05, 0.1) is 0 Å². The Hall–Kier alpha value is -2.82. The quantitative estimate of drug-likeness (QED) is 0.373. The Kier molecular flexibility index (Phi) is 9.55. The standard InChI is InChI=1S/C28H30Cl2N2O2/c1-3-31-28(34)26(17-22-7-5-4-6-8-22)32(19-23-14-15-24(29)18-25(23)30)27(33)16-13-21-11-9-20(2)10-12-21/h4-12,14-15,18,26H,3,13,16-17,19H2,1-2H3,(H,31,34)/t26-/m0/s1. The molecule has 0 radical (unpaired) electrons. The van der Waals surface area contributed by atoms with Gasteiger partial charge in [0.25, 0.3) is 0 Å². The highest BCUT2D eigenvalue weighted by Crippen LogP contribution is 2.24. The van der Waals surface area contributed by atoms with Crippen LogP contribution in [-0.4, -0.2) is 29.3 Å². The smallest absolute Gasteiger partial charge is 0.243 e. The number of likely N-dealkylation sites (N-methyl/N-ethyl adjacent to an activating group) is 1. The van der Waals surface area contributed by atoms with Crippen molar-refractivity contribution in [3.63, 3.8) is 0 Å². The Labute approximate surface area is 211 Å². The Morgan fingerprint density at radius 1 is 0.941 bits per heavy atom. The molecule has 0 bridgehead atoms. The first-order chi connectivity index (χ1) is 16.4. The van der Waals surface area contributed by atoms with Gasteiger partial charge >= 0.3 is 0 Å². The molecule has 0 fully saturated rings. The number of amides is 2. The Morgan fingerprint density at radius 2 is 1.65 bits per heavy atom. The van der Waals surface area contributed by atoms with Gasteiger partial charge in [0.15, 0.2) is 0 Å². The third kappa shape index (κ3) is 7.34. The average molecular weight is 497 g/mol. The van der Waals surface area contributed by atoms with Crippen LogP contribution in [0.1, 0.15) is 35.6 Å². The van der Waals surface area contributed by atoms with Gasteiger partial charge in [0, 0.05) is 36.0 Å². The van der Waals surface area contributed by atoms with Gasteiger partial charge in [-0.3, -0.25) is 9.59 Å². The minimum Gasteiger partial charge on any atom is -0.355 e. The Balaban J connectivity index is 1.91. The summed E-state index contributed by atoms with van der Waals surface area (Å²) in [4.78, 5) is 28.4. The largest absolute Gasteiger partial charge is 0.355 e. The molecule has 0 unspecified atom stereocenters. The zero-order valence-electron chi connectivity index (χ0n) is 19.6. The van der Waals surface area contributed by atoms with Crippen molar-refractivity contribution in [2.75, 3.05) is 6.54 Å². The van der Waals surface area contributed by atoms with E-state index in [1.165, 1.54) is 5.56 Å². The molecule has 0 saturated carbocycles. The maximum atomic E-state index is 13.6. The first kappa shape index (κ1) is 25.8. The zero-order chi connectivity index (χ0) is 24.5. The number of rotatable bonds is 10. The van der Waals surface area contributed by atoms with E-state index in [4.69, 9.17) is 23.2 Å². The highest BCUT2D eigenvalue weighted by Gasteiger charge is 2.30. The molecule has 0 aliphatic carbocycles. The van der Waals surface area contributed by atoms with E-state index in [0.717, 1.165) is 16.7 Å². The van der Waals surface area contributed by atoms with Gasteiger partial charge in [0.1, 0.15) is 6.04 Å². The fourth-order valence-corrected chi connectivity index (χ4v) is 4.30. The summed E-state index contributed by atoms with van der Waals surface area (Å²) in [6, 6.07) is 22.4. The van der Waals surface area contributed by atoms with Gasteiger partial charge in [-0.25, -0.2) is 0 Å². The van der Waals surface area contributed by atoms with Gasteiger partial charge in [0.2, 0.25) is 11.8 Å². The van der Waals surface area contributed by atoms with Gasteiger partial charge in [-0.2, -0.15) is 0 Å². The van der Waals surface area contributed by atoms with Crippen LogP contribution >= 0.6 is 23.2 Å². The number of carbonyl (C=O) groups is 2. The van der Waals surface area contributed by atoms with Crippen molar-refractivity contribution >= 4 is 35.0 Å².